The maximum absolute atomic E-state index is 12.2. The van der Waals surface area contributed by atoms with E-state index in [0.29, 0.717) is 6.07 Å². The third-order valence-electron chi connectivity index (χ3n) is 3.04. The summed E-state index contributed by atoms with van der Waals surface area (Å²) in [5, 5.41) is 30.9. The van der Waals surface area contributed by atoms with E-state index in [-0.39, 0.29) is 22.2 Å². The van der Waals surface area contributed by atoms with Crippen LogP contribution in [-0.4, -0.2) is 35.3 Å². The number of carboxylic acids is 1. The standard InChI is InChI=1S/C14H12N2O8S/c17-13(8-2-1-3-11(5-8)16(20)21)15-10-4-9(14(18)19)6-12(7-10)25(22,23)24/h1-7,20-21H,(H,15,17)(H,18,19)(H,22,23,24)/p-1. The molecule has 4 N–H and O–H groups in total. The van der Waals surface area contributed by atoms with Gasteiger partial charge < -0.3 is 15.2 Å². The van der Waals surface area contributed by atoms with Crippen molar-refractivity contribution in [1.29, 1.82) is 0 Å². The first-order valence-corrected chi connectivity index (χ1v) is 7.95. The summed E-state index contributed by atoms with van der Waals surface area (Å²) < 4.78 is 31.5. The van der Waals surface area contributed by atoms with Crippen LogP contribution in [0, 0.1) is 0 Å². The Hall–Kier alpha value is -2.99. The van der Waals surface area contributed by atoms with E-state index < -0.39 is 32.5 Å². The first-order chi connectivity index (χ1) is 11.6. The Kier molecular flexibility index (Phi) is 5.04. The van der Waals surface area contributed by atoms with E-state index >= 15 is 0 Å². The number of anilines is 2. The number of carbonyl (C=O) groups excluding carboxylic acids is 2. The Morgan fingerprint density at radius 3 is 2.28 bits per heavy atom. The molecule has 25 heavy (non-hydrogen) atoms. The van der Waals surface area contributed by atoms with E-state index in [4.69, 9.17) is 15.0 Å². The van der Waals surface area contributed by atoms with Crippen LogP contribution in [0.4, 0.5) is 11.4 Å². The van der Waals surface area contributed by atoms with Crippen LogP contribution in [-0.2, 0) is 10.1 Å². The molecule has 0 saturated carbocycles. The van der Waals surface area contributed by atoms with Crippen LogP contribution in [0.3, 0.4) is 0 Å². The lowest BCUT2D eigenvalue weighted by molar-refractivity contribution is -0.255. The minimum atomic E-state index is -4.71. The van der Waals surface area contributed by atoms with Gasteiger partial charge >= 0.3 is 0 Å². The van der Waals surface area contributed by atoms with Crippen molar-refractivity contribution in [1.82, 2.24) is 0 Å². The van der Waals surface area contributed by atoms with Gasteiger partial charge in [0.15, 0.2) is 0 Å². The zero-order chi connectivity index (χ0) is 18.8. The van der Waals surface area contributed by atoms with Crippen molar-refractivity contribution in [3.05, 3.63) is 53.6 Å². The number of hydrogen-bond donors (Lipinski definition) is 4. The normalized spacial score (nSPS) is 11.0. The van der Waals surface area contributed by atoms with E-state index in [1.54, 1.807) is 0 Å². The Morgan fingerprint density at radius 1 is 1.04 bits per heavy atom. The zero-order valence-corrected chi connectivity index (χ0v) is 13.1. The highest BCUT2D eigenvalue weighted by atomic mass is 32.2. The molecule has 0 atom stereocenters. The monoisotopic (exact) mass is 367 g/mol. The first kappa shape index (κ1) is 18.4. The number of nitrogens with zero attached hydrogens (tertiary/aromatic N) is 1. The van der Waals surface area contributed by atoms with Gasteiger partial charge in [0, 0.05) is 16.8 Å². The lowest BCUT2D eigenvalue weighted by Gasteiger charge is -2.12. The maximum atomic E-state index is 12.2. The Bertz CT molecular complexity index is 940. The molecule has 0 bridgehead atoms. The van der Waals surface area contributed by atoms with Crippen LogP contribution in [0.25, 0.3) is 0 Å². The average molecular weight is 367 g/mol. The molecule has 2 rings (SSSR count). The molecule has 0 aliphatic carbocycles. The van der Waals surface area contributed by atoms with Gasteiger partial charge in [0.05, 0.1) is 16.6 Å². The number of carbonyl (C=O) groups is 2. The molecule has 11 heteroatoms. The molecule has 1 amide bonds. The third kappa shape index (κ3) is 4.51. The SMILES string of the molecule is O=C([O-])c1cc(NC(=O)c2cccc(N(O)O)c2)cc(S(=O)(=O)O)c1. The molecule has 0 radical (unpaired) electrons. The van der Waals surface area contributed by atoms with Crippen molar-refractivity contribution in [3.63, 3.8) is 0 Å². The largest absolute Gasteiger partial charge is 0.545 e. The van der Waals surface area contributed by atoms with Crippen molar-refractivity contribution < 1.29 is 38.1 Å². The van der Waals surface area contributed by atoms with E-state index in [0.717, 1.165) is 18.2 Å². The summed E-state index contributed by atoms with van der Waals surface area (Å²) in [7, 11) is -4.71. The Labute approximate surface area is 141 Å². The first-order valence-electron chi connectivity index (χ1n) is 6.51. The fourth-order valence-electron chi connectivity index (χ4n) is 1.91. The van der Waals surface area contributed by atoms with Gasteiger partial charge in [-0.3, -0.25) is 19.8 Å². The summed E-state index contributed by atoms with van der Waals surface area (Å²) in [4.78, 5) is 22.4. The smallest absolute Gasteiger partial charge is 0.294 e. The van der Waals surface area contributed by atoms with Gasteiger partial charge in [-0.2, -0.15) is 8.42 Å². The summed E-state index contributed by atoms with van der Waals surface area (Å²) in [6, 6.07) is 7.56. The highest BCUT2D eigenvalue weighted by Crippen LogP contribution is 2.20. The molecule has 0 heterocycles. The highest BCUT2D eigenvalue weighted by molar-refractivity contribution is 7.85. The molecule has 0 aliphatic heterocycles. The molecule has 0 saturated heterocycles. The molecule has 132 valence electrons. The molecule has 0 unspecified atom stereocenters. The van der Waals surface area contributed by atoms with Crippen LogP contribution in [0.5, 0.6) is 0 Å². The number of amides is 1. The second kappa shape index (κ2) is 6.86. The number of rotatable bonds is 5. The molecule has 2 aromatic rings. The van der Waals surface area contributed by atoms with Crippen molar-refractivity contribution in [3.8, 4) is 0 Å². The number of carboxylic acid groups (broad SMARTS) is 1. The summed E-state index contributed by atoms with van der Waals surface area (Å²) in [6.07, 6.45) is 0. The van der Waals surface area contributed by atoms with E-state index in [2.05, 4.69) is 5.32 Å². The Morgan fingerprint density at radius 2 is 1.72 bits per heavy atom. The number of nitrogens with one attached hydrogen (secondary N) is 1. The minimum Gasteiger partial charge on any atom is -0.545 e. The molecule has 0 aliphatic rings. The summed E-state index contributed by atoms with van der Waals surface area (Å²) in [5.41, 5.74) is -0.946. The predicted octanol–water partition coefficient (Wildman–Crippen LogP) is 0.134. The van der Waals surface area contributed by atoms with Gasteiger partial charge in [-0.05, 0) is 36.4 Å². The van der Waals surface area contributed by atoms with Crippen LogP contribution in [0.15, 0.2) is 47.4 Å². The maximum Gasteiger partial charge on any atom is 0.294 e. The summed E-state index contributed by atoms with van der Waals surface area (Å²) >= 11 is 0. The average Bonchev–Trinajstić information content (AvgIpc) is 2.53. The fourth-order valence-corrected chi connectivity index (χ4v) is 2.46. The number of aromatic carboxylic acids is 1. The van der Waals surface area contributed by atoms with Gasteiger partial charge in [0.25, 0.3) is 16.0 Å². The molecular weight excluding hydrogens is 356 g/mol. The second-order valence-corrected chi connectivity index (χ2v) is 6.22. The van der Waals surface area contributed by atoms with Crippen molar-refractivity contribution in [2.75, 3.05) is 10.5 Å². The van der Waals surface area contributed by atoms with Crippen molar-refractivity contribution in [2.24, 2.45) is 0 Å². The molecule has 0 aromatic heterocycles. The molecule has 2 aromatic carbocycles. The predicted molar refractivity (Wildman–Crippen MR) is 81.0 cm³/mol. The highest BCUT2D eigenvalue weighted by Gasteiger charge is 2.15. The van der Waals surface area contributed by atoms with Gasteiger partial charge in [-0.15, -0.1) is 5.23 Å². The molecular formula is C14H11N2O8S-. The topological polar surface area (TPSA) is 167 Å². The fraction of sp³-hybridized carbons (Fsp3) is 0. The van der Waals surface area contributed by atoms with E-state index in [1.165, 1.54) is 18.2 Å². The van der Waals surface area contributed by atoms with Crippen LogP contribution < -0.4 is 15.6 Å². The molecule has 0 spiro atoms. The number of benzene rings is 2. The van der Waals surface area contributed by atoms with E-state index in [9.17, 15) is 23.1 Å². The molecule has 10 nitrogen and oxygen atoms in total. The zero-order valence-electron chi connectivity index (χ0n) is 12.3. The minimum absolute atomic E-state index is 0.0298. The third-order valence-corrected chi connectivity index (χ3v) is 3.87. The van der Waals surface area contributed by atoms with Gasteiger partial charge in [0.1, 0.15) is 0 Å². The lowest BCUT2D eigenvalue weighted by atomic mass is 10.1. The van der Waals surface area contributed by atoms with Crippen molar-refractivity contribution >= 4 is 33.4 Å². The van der Waals surface area contributed by atoms with Gasteiger partial charge in [0.2, 0.25) is 0 Å². The van der Waals surface area contributed by atoms with Crippen molar-refractivity contribution in [2.45, 2.75) is 4.90 Å². The second-order valence-electron chi connectivity index (χ2n) is 4.80. The summed E-state index contributed by atoms with van der Waals surface area (Å²) in [6.45, 7) is 0. The Balaban J connectivity index is 2.39. The van der Waals surface area contributed by atoms with Crippen LogP contribution >= 0.6 is 0 Å². The van der Waals surface area contributed by atoms with Gasteiger partial charge in [-0.25, -0.2) is 0 Å². The lowest BCUT2D eigenvalue weighted by Crippen LogP contribution is -2.23. The van der Waals surface area contributed by atoms with E-state index in [1.807, 2.05) is 0 Å². The van der Waals surface area contributed by atoms with Crippen LogP contribution in [0.2, 0.25) is 0 Å². The van der Waals surface area contributed by atoms with Gasteiger partial charge in [-0.1, -0.05) is 6.07 Å². The number of hydrogen-bond acceptors (Lipinski definition) is 8. The van der Waals surface area contributed by atoms with Crippen LogP contribution in [0.1, 0.15) is 20.7 Å². The quantitative estimate of drug-likeness (QED) is 0.424. The summed E-state index contributed by atoms with van der Waals surface area (Å²) in [5.74, 6) is -2.50. The molecule has 0 fully saturated rings.